The maximum Gasteiger partial charge on any atom is 0.408 e. The van der Waals surface area contributed by atoms with Gasteiger partial charge in [-0.15, -0.1) is 0 Å². The average Bonchev–Trinajstić information content (AvgIpc) is 3.19. The fraction of sp³-hybridized carbons (Fsp3) is 0.500. The smallest absolute Gasteiger partial charge is 0.408 e. The number of benzene rings is 2. The van der Waals surface area contributed by atoms with Crippen LogP contribution in [0.15, 0.2) is 48.5 Å². The molecule has 2 aromatic rings. The molecule has 2 aromatic carbocycles. The minimum absolute atomic E-state index is 0.0876. The number of esters is 1. The zero-order valence-corrected chi connectivity index (χ0v) is 25.7. The van der Waals surface area contributed by atoms with Crippen LogP contribution in [0.4, 0.5) is 9.59 Å². The van der Waals surface area contributed by atoms with E-state index in [1.165, 1.54) is 0 Å². The second-order valence-electron chi connectivity index (χ2n) is 12.7. The SMILES string of the molecule is CC(C)[C@H](NC(=O)[C@H](CNC(=O)OCC1c2ccccc2-c2ccccc21)NC(=O)OC(C)(C)C)C(=O)OC(C)(C)C. The van der Waals surface area contributed by atoms with Crippen molar-refractivity contribution in [2.24, 2.45) is 5.92 Å². The first kappa shape index (κ1) is 32.4. The number of hydrogen-bond acceptors (Lipinski definition) is 7. The van der Waals surface area contributed by atoms with Crippen molar-refractivity contribution in [3.63, 3.8) is 0 Å². The van der Waals surface area contributed by atoms with Crippen molar-refractivity contribution in [1.29, 1.82) is 0 Å². The third-order valence-electron chi connectivity index (χ3n) is 6.43. The Balaban J connectivity index is 1.68. The zero-order chi connectivity index (χ0) is 31.2. The van der Waals surface area contributed by atoms with E-state index in [0.29, 0.717) is 0 Å². The highest BCUT2D eigenvalue weighted by Gasteiger charge is 2.33. The van der Waals surface area contributed by atoms with E-state index >= 15 is 0 Å². The number of hydrogen-bond donors (Lipinski definition) is 3. The van der Waals surface area contributed by atoms with Crippen LogP contribution in [0.1, 0.15) is 72.4 Å². The number of rotatable bonds is 9. The van der Waals surface area contributed by atoms with Gasteiger partial charge in [0, 0.05) is 5.92 Å². The second kappa shape index (κ2) is 13.3. The molecule has 0 heterocycles. The van der Waals surface area contributed by atoms with E-state index in [2.05, 4.69) is 16.0 Å². The van der Waals surface area contributed by atoms with Crippen molar-refractivity contribution in [3.05, 3.63) is 59.7 Å². The minimum Gasteiger partial charge on any atom is -0.458 e. The molecular weight excluding hydrogens is 538 g/mol. The monoisotopic (exact) mass is 581 g/mol. The normalized spacial score (nSPS) is 14.2. The molecule has 1 aliphatic carbocycles. The fourth-order valence-corrected chi connectivity index (χ4v) is 4.61. The van der Waals surface area contributed by atoms with Gasteiger partial charge in [-0.25, -0.2) is 14.4 Å². The Morgan fingerprint density at radius 2 is 1.29 bits per heavy atom. The number of alkyl carbamates (subject to hydrolysis) is 2. The Labute approximate surface area is 247 Å². The Kier molecular flexibility index (Phi) is 10.2. The summed E-state index contributed by atoms with van der Waals surface area (Å²) in [6.45, 7) is 13.6. The standard InChI is InChI=1S/C32H43N3O7/c1-19(2)26(28(37)41-31(3,4)5)35-27(36)25(34-30(39)42-32(6,7)8)17-33-29(38)40-18-24-22-15-11-9-13-20(22)21-14-10-12-16-23(21)24/h9-16,19,24-26H,17-18H2,1-8H3,(H,33,38)(H,34,39)(H,35,36)/t25-,26-/m0/s1. The van der Waals surface area contributed by atoms with Gasteiger partial charge in [0.25, 0.3) is 0 Å². The van der Waals surface area contributed by atoms with Gasteiger partial charge in [0.05, 0.1) is 6.54 Å². The molecule has 3 N–H and O–H groups in total. The third kappa shape index (κ3) is 8.96. The maximum atomic E-state index is 13.3. The van der Waals surface area contributed by atoms with E-state index in [0.717, 1.165) is 22.3 Å². The van der Waals surface area contributed by atoms with Gasteiger partial charge in [0.1, 0.15) is 29.9 Å². The molecule has 0 bridgehead atoms. The predicted octanol–water partition coefficient (Wildman–Crippen LogP) is 4.90. The quantitative estimate of drug-likeness (QED) is 0.283. The summed E-state index contributed by atoms with van der Waals surface area (Å²) in [5.41, 5.74) is 2.77. The molecular formula is C32H43N3O7. The summed E-state index contributed by atoms with van der Waals surface area (Å²) in [6.07, 6.45) is -1.61. The van der Waals surface area contributed by atoms with Gasteiger partial charge in [-0.05, 0) is 69.7 Å². The van der Waals surface area contributed by atoms with Crippen LogP contribution in [0, 0.1) is 5.92 Å². The number of fused-ring (bicyclic) bond motifs is 3. The number of amides is 3. The van der Waals surface area contributed by atoms with Gasteiger partial charge in [-0.1, -0.05) is 62.4 Å². The molecule has 0 radical (unpaired) electrons. The molecule has 0 unspecified atom stereocenters. The van der Waals surface area contributed by atoms with Gasteiger partial charge >= 0.3 is 18.2 Å². The summed E-state index contributed by atoms with van der Waals surface area (Å²) in [5.74, 6) is -1.74. The lowest BCUT2D eigenvalue weighted by Crippen LogP contribution is -2.57. The number of ether oxygens (including phenoxy) is 3. The Morgan fingerprint density at radius 1 is 0.762 bits per heavy atom. The summed E-state index contributed by atoms with van der Waals surface area (Å²) in [7, 11) is 0. The molecule has 228 valence electrons. The average molecular weight is 582 g/mol. The van der Waals surface area contributed by atoms with Gasteiger partial charge in [0.2, 0.25) is 5.91 Å². The molecule has 0 aromatic heterocycles. The van der Waals surface area contributed by atoms with Crippen molar-refractivity contribution in [2.45, 2.75) is 84.6 Å². The van der Waals surface area contributed by atoms with Crippen LogP contribution in [0.2, 0.25) is 0 Å². The van der Waals surface area contributed by atoms with E-state index in [1.807, 2.05) is 48.5 Å². The second-order valence-corrected chi connectivity index (χ2v) is 12.7. The van der Waals surface area contributed by atoms with Gasteiger partial charge in [0.15, 0.2) is 0 Å². The van der Waals surface area contributed by atoms with Crippen LogP contribution in [0.25, 0.3) is 11.1 Å². The predicted molar refractivity (Wildman–Crippen MR) is 159 cm³/mol. The first-order valence-corrected chi connectivity index (χ1v) is 14.2. The molecule has 10 nitrogen and oxygen atoms in total. The highest BCUT2D eigenvalue weighted by Crippen LogP contribution is 2.44. The van der Waals surface area contributed by atoms with Gasteiger partial charge in [-0.3, -0.25) is 4.79 Å². The van der Waals surface area contributed by atoms with Crippen molar-refractivity contribution < 1.29 is 33.4 Å². The van der Waals surface area contributed by atoms with Crippen LogP contribution in [0.5, 0.6) is 0 Å². The van der Waals surface area contributed by atoms with Crippen molar-refractivity contribution >= 4 is 24.1 Å². The third-order valence-corrected chi connectivity index (χ3v) is 6.43. The molecule has 3 amide bonds. The first-order chi connectivity index (χ1) is 19.6. The van der Waals surface area contributed by atoms with Crippen LogP contribution in [-0.4, -0.2) is 60.5 Å². The lowest BCUT2D eigenvalue weighted by atomic mass is 9.98. The van der Waals surface area contributed by atoms with E-state index < -0.39 is 47.3 Å². The summed E-state index contributed by atoms with van der Waals surface area (Å²) in [5, 5.41) is 7.71. The Morgan fingerprint density at radius 3 is 1.79 bits per heavy atom. The summed E-state index contributed by atoms with van der Waals surface area (Å²) in [6, 6.07) is 13.7. The molecule has 1 aliphatic rings. The van der Waals surface area contributed by atoms with E-state index in [9.17, 15) is 19.2 Å². The molecule has 3 rings (SSSR count). The Bertz CT molecular complexity index is 1250. The molecule has 10 heteroatoms. The van der Waals surface area contributed by atoms with Gasteiger partial charge in [-0.2, -0.15) is 0 Å². The van der Waals surface area contributed by atoms with Crippen molar-refractivity contribution in [2.75, 3.05) is 13.2 Å². The van der Waals surface area contributed by atoms with Crippen LogP contribution in [-0.2, 0) is 23.8 Å². The molecule has 0 aliphatic heterocycles. The topological polar surface area (TPSA) is 132 Å². The molecule has 0 saturated carbocycles. The lowest BCUT2D eigenvalue weighted by molar-refractivity contribution is -0.160. The zero-order valence-electron chi connectivity index (χ0n) is 25.7. The van der Waals surface area contributed by atoms with Crippen molar-refractivity contribution in [1.82, 2.24) is 16.0 Å². The van der Waals surface area contributed by atoms with E-state index in [1.54, 1.807) is 55.4 Å². The highest BCUT2D eigenvalue weighted by molar-refractivity contribution is 5.90. The summed E-state index contributed by atoms with van der Waals surface area (Å²) < 4.78 is 16.3. The molecule has 0 saturated heterocycles. The molecule has 2 atom stereocenters. The maximum absolute atomic E-state index is 13.3. The highest BCUT2D eigenvalue weighted by atomic mass is 16.6. The van der Waals surface area contributed by atoms with Crippen LogP contribution < -0.4 is 16.0 Å². The lowest BCUT2D eigenvalue weighted by Gasteiger charge is -2.28. The fourth-order valence-electron chi connectivity index (χ4n) is 4.61. The van der Waals surface area contributed by atoms with Crippen molar-refractivity contribution in [3.8, 4) is 11.1 Å². The summed E-state index contributed by atoms with van der Waals surface area (Å²) >= 11 is 0. The minimum atomic E-state index is -1.26. The molecule has 0 fully saturated rings. The summed E-state index contributed by atoms with van der Waals surface area (Å²) in [4.78, 5) is 51.4. The largest absolute Gasteiger partial charge is 0.458 e. The van der Waals surface area contributed by atoms with Gasteiger partial charge < -0.3 is 30.2 Å². The molecule has 42 heavy (non-hydrogen) atoms. The first-order valence-electron chi connectivity index (χ1n) is 14.2. The number of carbonyl (C=O) groups excluding carboxylic acids is 4. The van der Waals surface area contributed by atoms with Crippen LogP contribution >= 0.6 is 0 Å². The number of carbonyl (C=O) groups is 4. The van der Waals surface area contributed by atoms with E-state index in [-0.39, 0.29) is 25.0 Å². The van der Waals surface area contributed by atoms with Crippen LogP contribution in [0.3, 0.4) is 0 Å². The Hall–Kier alpha value is -4.08. The molecule has 0 spiro atoms. The number of nitrogens with one attached hydrogen (secondary N) is 3. The van der Waals surface area contributed by atoms with E-state index in [4.69, 9.17) is 14.2 Å².